The van der Waals surface area contributed by atoms with E-state index in [1.165, 1.54) is 0 Å². The molecule has 0 spiro atoms. The molecule has 0 aliphatic rings. The molecule has 0 atom stereocenters. The van der Waals surface area contributed by atoms with Crippen LogP contribution < -0.4 is 5.32 Å². The predicted octanol–water partition coefficient (Wildman–Crippen LogP) is 2.21. The van der Waals surface area contributed by atoms with Gasteiger partial charge in [0.15, 0.2) is 0 Å². The van der Waals surface area contributed by atoms with Crippen LogP contribution in [0.1, 0.15) is 35.7 Å². The fourth-order valence-corrected chi connectivity index (χ4v) is 1.60. The second kappa shape index (κ2) is 7.75. The molecule has 1 aromatic carbocycles. The number of aliphatic hydroxyl groups excluding tert-OH is 1. The van der Waals surface area contributed by atoms with Gasteiger partial charge < -0.3 is 10.4 Å². The number of amides is 1. The predicted molar refractivity (Wildman–Crippen MR) is 72.7 cm³/mol. The summed E-state index contributed by atoms with van der Waals surface area (Å²) in [4.78, 5) is 11.8. The summed E-state index contributed by atoms with van der Waals surface area (Å²) in [6.07, 6.45) is 2.00. The van der Waals surface area contributed by atoms with Crippen LogP contribution in [0.3, 0.4) is 0 Å². The highest BCUT2D eigenvalue weighted by Crippen LogP contribution is 2.17. The van der Waals surface area contributed by atoms with E-state index in [0.717, 1.165) is 12.8 Å². The Morgan fingerprint density at radius 3 is 2.89 bits per heavy atom. The lowest BCUT2D eigenvalue weighted by atomic mass is 10.1. The van der Waals surface area contributed by atoms with Crippen molar-refractivity contribution in [1.29, 1.82) is 0 Å². The molecule has 1 rings (SSSR count). The third-order valence-corrected chi connectivity index (χ3v) is 2.66. The first-order valence-corrected chi connectivity index (χ1v) is 6.24. The fourth-order valence-electron chi connectivity index (χ4n) is 1.37. The SMILES string of the molecule is CCCCNC(=O)c1ccc(C#CCO)c(Cl)c1. The number of hydrogen-bond donors (Lipinski definition) is 2. The summed E-state index contributed by atoms with van der Waals surface area (Å²) >= 11 is 6.01. The summed E-state index contributed by atoms with van der Waals surface area (Å²) in [5.41, 5.74) is 1.13. The highest BCUT2D eigenvalue weighted by molar-refractivity contribution is 6.32. The van der Waals surface area contributed by atoms with Crippen LogP contribution >= 0.6 is 11.6 Å². The average Bonchev–Trinajstić information content (AvgIpc) is 2.37. The summed E-state index contributed by atoms with van der Waals surface area (Å²) in [6.45, 7) is 2.52. The van der Waals surface area contributed by atoms with Crippen LogP contribution in [0, 0.1) is 11.8 Å². The fraction of sp³-hybridized carbons (Fsp3) is 0.357. The summed E-state index contributed by atoms with van der Waals surface area (Å²) < 4.78 is 0. The topological polar surface area (TPSA) is 49.3 Å². The van der Waals surface area contributed by atoms with Gasteiger partial charge in [0.05, 0.1) is 5.02 Å². The van der Waals surface area contributed by atoms with Gasteiger partial charge in [-0.2, -0.15) is 0 Å². The van der Waals surface area contributed by atoms with E-state index in [1.54, 1.807) is 18.2 Å². The lowest BCUT2D eigenvalue weighted by molar-refractivity contribution is 0.0953. The molecule has 1 amide bonds. The molecule has 2 N–H and O–H groups in total. The number of carbonyl (C=O) groups excluding carboxylic acids is 1. The van der Waals surface area contributed by atoms with E-state index >= 15 is 0 Å². The van der Waals surface area contributed by atoms with Crippen LogP contribution in [0.15, 0.2) is 18.2 Å². The Bertz CT molecular complexity index is 474. The molecule has 0 bridgehead atoms. The molecule has 0 heterocycles. The Kier molecular flexibility index (Phi) is 6.27. The Morgan fingerprint density at radius 2 is 2.28 bits per heavy atom. The molecular formula is C14H16ClNO2. The van der Waals surface area contributed by atoms with E-state index < -0.39 is 0 Å². The van der Waals surface area contributed by atoms with E-state index in [2.05, 4.69) is 24.1 Å². The van der Waals surface area contributed by atoms with E-state index in [9.17, 15) is 4.79 Å². The molecule has 0 saturated heterocycles. The number of carbonyl (C=O) groups is 1. The van der Waals surface area contributed by atoms with Crippen LogP contribution in [0.5, 0.6) is 0 Å². The Labute approximate surface area is 112 Å². The van der Waals surface area contributed by atoms with Crippen molar-refractivity contribution in [1.82, 2.24) is 5.32 Å². The minimum Gasteiger partial charge on any atom is -0.384 e. The van der Waals surface area contributed by atoms with Crippen molar-refractivity contribution in [2.24, 2.45) is 0 Å². The molecule has 0 radical (unpaired) electrons. The summed E-state index contributed by atoms with van der Waals surface area (Å²) in [5.74, 6) is 5.10. The number of rotatable bonds is 4. The molecule has 0 fully saturated rings. The number of aliphatic hydroxyl groups is 1. The number of unbranched alkanes of at least 4 members (excludes halogenated alkanes) is 1. The van der Waals surface area contributed by atoms with Gasteiger partial charge in [0.1, 0.15) is 6.61 Å². The third-order valence-electron chi connectivity index (χ3n) is 2.35. The monoisotopic (exact) mass is 265 g/mol. The van der Waals surface area contributed by atoms with Gasteiger partial charge >= 0.3 is 0 Å². The second-order valence-corrected chi connectivity index (χ2v) is 4.17. The van der Waals surface area contributed by atoms with Crippen molar-refractivity contribution < 1.29 is 9.90 Å². The number of benzene rings is 1. The molecular weight excluding hydrogens is 250 g/mol. The third kappa shape index (κ3) is 4.40. The lowest BCUT2D eigenvalue weighted by Crippen LogP contribution is -2.24. The quantitative estimate of drug-likeness (QED) is 0.648. The molecule has 0 unspecified atom stereocenters. The molecule has 96 valence electrons. The van der Waals surface area contributed by atoms with Gasteiger partial charge in [0, 0.05) is 17.7 Å². The van der Waals surface area contributed by atoms with E-state index in [1.807, 2.05) is 0 Å². The Hall–Kier alpha value is -1.50. The van der Waals surface area contributed by atoms with Crippen molar-refractivity contribution in [2.75, 3.05) is 13.2 Å². The smallest absolute Gasteiger partial charge is 0.251 e. The maximum Gasteiger partial charge on any atom is 0.251 e. The molecule has 18 heavy (non-hydrogen) atoms. The summed E-state index contributed by atoms with van der Waals surface area (Å²) in [5, 5.41) is 11.8. The van der Waals surface area contributed by atoms with Gasteiger partial charge in [-0.1, -0.05) is 36.8 Å². The van der Waals surface area contributed by atoms with Crippen molar-refractivity contribution >= 4 is 17.5 Å². The molecule has 0 aliphatic carbocycles. The van der Waals surface area contributed by atoms with Gasteiger partial charge in [-0.05, 0) is 24.6 Å². The van der Waals surface area contributed by atoms with Gasteiger partial charge in [0.2, 0.25) is 0 Å². The van der Waals surface area contributed by atoms with Crippen molar-refractivity contribution in [3.63, 3.8) is 0 Å². The van der Waals surface area contributed by atoms with Crippen molar-refractivity contribution in [3.8, 4) is 11.8 Å². The van der Waals surface area contributed by atoms with Crippen LogP contribution in [-0.2, 0) is 0 Å². The van der Waals surface area contributed by atoms with Crippen molar-refractivity contribution in [3.05, 3.63) is 34.3 Å². The van der Waals surface area contributed by atoms with Gasteiger partial charge in [0.25, 0.3) is 5.91 Å². The van der Waals surface area contributed by atoms with E-state index in [4.69, 9.17) is 16.7 Å². The number of halogens is 1. The van der Waals surface area contributed by atoms with Crippen LogP contribution in [0.2, 0.25) is 5.02 Å². The first-order chi connectivity index (χ1) is 8.69. The van der Waals surface area contributed by atoms with Gasteiger partial charge in [-0.3, -0.25) is 4.79 Å². The highest BCUT2D eigenvalue weighted by Gasteiger charge is 2.07. The standard InChI is InChI=1S/C14H16ClNO2/c1-2-3-8-16-14(18)12-7-6-11(5-4-9-17)13(15)10-12/h6-7,10,17H,2-3,8-9H2,1H3,(H,16,18). The number of hydrogen-bond acceptors (Lipinski definition) is 2. The van der Waals surface area contributed by atoms with Crippen LogP contribution in [0.25, 0.3) is 0 Å². The van der Waals surface area contributed by atoms with Crippen molar-refractivity contribution in [2.45, 2.75) is 19.8 Å². The minimum atomic E-state index is -0.213. The van der Waals surface area contributed by atoms with Gasteiger partial charge in [-0.15, -0.1) is 0 Å². The highest BCUT2D eigenvalue weighted by atomic mass is 35.5. The first kappa shape index (κ1) is 14.6. The molecule has 1 aromatic rings. The van der Waals surface area contributed by atoms with Crippen LogP contribution in [0.4, 0.5) is 0 Å². The first-order valence-electron chi connectivity index (χ1n) is 5.86. The van der Waals surface area contributed by atoms with Crippen LogP contribution in [-0.4, -0.2) is 24.2 Å². The Balaban J connectivity index is 2.74. The maximum absolute atomic E-state index is 11.8. The largest absolute Gasteiger partial charge is 0.384 e. The molecule has 3 nitrogen and oxygen atoms in total. The zero-order valence-electron chi connectivity index (χ0n) is 10.3. The summed E-state index contributed by atoms with van der Waals surface area (Å²) in [6, 6.07) is 4.94. The minimum absolute atomic E-state index is 0.132. The molecule has 4 heteroatoms. The van der Waals surface area contributed by atoms with Gasteiger partial charge in [-0.25, -0.2) is 0 Å². The maximum atomic E-state index is 11.8. The average molecular weight is 266 g/mol. The zero-order chi connectivity index (χ0) is 13.4. The lowest BCUT2D eigenvalue weighted by Gasteiger charge is -2.05. The molecule has 0 saturated carbocycles. The van der Waals surface area contributed by atoms with E-state index in [0.29, 0.717) is 22.7 Å². The Morgan fingerprint density at radius 1 is 1.50 bits per heavy atom. The summed E-state index contributed by atoms with van der Waals surface area (Å²) in [7, 11) is 0. The zero-order valence-corrected chi connectivity index (χ0v) is 11.0. The normalized spacial score (nSPS) is 9.50. The van der Waals surface area contributed by atoms with E-state index in [-0.39, 0.29) is 12.5 Å². The molecule has 0 aromatic heterocycles. The molecule has 0 aliphatic heterocycles. The number of nitrogens with one attached hydrogen (secondary N) is 1. The second-order valence-electron chi connectivity index (χ2n) is 3.76.